The third kappa shape index (κ3) is 4.03. The van der Waals surface area contributed by atoms with Crippen LogP contribution in [0.4, 0.5) is 17.5 Å². The molecule has 0 saturated heterocycles. The summed E-state index contributed by atoms with van der Waals surface area (Å²) in [7, 11) is 0. The van der Waals surface area contributed by atoms with Gasteiger partial charge in [-0.3, -0.25) is 4.98 Å². The molecule has 0 aliphatic heterocycles. The lowest BCUT2D eigenvalue weighted by Gasteiger charge is -2.11. The summed E-state index contributed by atoms with van der Waals surface area (Å²) in [5, 5.41) is 7.76. The zero-order chi connectivity index (χ0) is 18.6. The first kappa shape index (κ1) is 17.0. The Bertz CT molecular complexity index is 1070. The molecule has 5 nitrogen and oxygen atoms in total. The van der Waals surface area contributed by atoms with Crippen molar-refractivity contribution in [1.82, 2.24) is 15.0 Å². The van der Waals surface area contributed by atoms with Crippen LogP contribution in [0.1, 0.15) is 16.8 Å². The van der Waals surface area contributed by atoms with Gasteiger partial charge in [-0.1, -0.05) is 48.0 Å². The van der Waals surface area contributed by atoms with Crippen molar-refractivity contribution in [3.63, 3.8) is 0 Å². The van der Waals surface area contributed by atoms with Crippen LogP contribution in [-0.2, 0) is 6.54 Å². The standard InChI is InChI=1S/C22H21N5/c1-15-8-10-17(11-9-15)14-24-20-13-16(2)25-22(27-20)26-19-7-3-5-18-6-4-12-23-21(18)19/h3-13H,14H2,1-2H3,(H2,24,25,26,27). The summed E-state index contributed by atoms with van der Waals surface area (Å²) in [6, 6.07) is 20.4. The minimum absolute atomic E-state index is 0.555. The van der Waals surface area contributed by atoms with Crippen LogP contribution in [0.25, 0.3) is 10.9 Å². The van der Waals surface area contributed by atoms with Gasteiger partial charge in [0.15, 0.2) is 0 Å². The lowest BCUT2D eigenvalue weighted by molar-refractivity contribution is 1.06. The minimum Gasteiger partial charge on any atom is -0.366 e. The Balaban J connectivity index is 1.56. The zero-order valence-electron chi connectivity index (χ0n) is 15.4. The molecule has 0 spiro atoms. The summed E-state index contributed by atoms with van der Waals surface area (Å²) in [6.45, 7) is 4.77. The van der Waals surface area contributed by atoms with Crippen molar-refractivity contribution in [1.29, 1.82) is 0 Å². The van der Waals surface area contributed by atoms with Crippen LogP contribution in [-0.4, -0.2) is 15.0 Å². The highest BCUT2D eigenvalue weighted by Gasteiger charge is 2.06. The molecule has 4 aromatic rings. The molecule has 2 aromatic carbocycles. The number of hydrogen-bond acceptors (Lipinski definition) is 5. The van der Waals surface area contributed by atoms with Crippen molar-refractivity contribution in [3.8, 4) is 0 Å². The number of pyridine rings is 1. The Morgan fingerprint density at radius 1 is 0.889 bits per heavy atom. The van der Waals surface area contributed by atoms with Crippen molar-refractivity contribution < 1.29 is 0 Å². The largest absolute Gasteiger partial charge is 0.366 e. The van der Waals surface area contributed by atoms with E-state index in [0.29, 0.717) is 12.5 Å². The molecule has 0 bridgehead atoms. The van der Waals surface area contributed by atoms with E-state index >= 15 is 0 Å². The van der Waals surface area contributed by atoms with E-state index in [-0.39, 0.29) is 0 Å². The molecular weight excluding hydrogens is 334 g/mol. The zero-order valence-corrected chi connectivity index (χ0v) is 15.4. The number of anilines is 3. The van der Waals surface area contributed by atoms with Gasteiger partial charge in [0.05, 0.1) is 11.2 Å². The third-order valence-electron chi connectivity index (χ3n) is 4.33. The molecule has 134 valence electrons. The van der Waals surface area contributed by atoms with Gasteiger partial charge in [0.1, 0.15) is 5.82 Å². The van der Waals surface area contributed by atoms with Crippen LogP contribution < -0.4 is 10.6 Å². The predicted octanol–water partition coefficient (Wildman–Crippen LogP) is 5.00. The van der Waals surface area contributed by atoms with E-state index in [4.69, 9.17) is 0 Å². The SMILES string of the molecule is Cc1ccc(CNc2cc(C)nc(Nc3cccc4cccnc34)n2)cc1. The topological polar surface area (TPSA) is 62.7 Å². The van der Waals surface area contributed by atoms with Gasteiger partial charge < -0.3 is 10.6 Å². The van der Waals surface area contributed by atoms with Crippen molar-refractivity contribution in [3.05, 3.63) is 83.7 Å². The Hall–Kier alpha value is -3.47. The van der Waals surface area contributed by atoms with Gasteiger partial charge in [-0.2, -0.15) is 4.98 Å². The first-order valence-electron chi connectivity index (χ1n) is 8.93. The second-order valence-electron chi connectivity index (χ2n) is 6.56. The number of nitrogens with one attached hydrogen (secondary N) is 2. The van der Waals surface area contributed by atoms with Crippen LogP contribution in [0.5, 0.6) is 0 Å². The maximum Gasteiger partial charge on any atom is 0.229 e. The predicted molar refractivity (Wildman–Crippen MR) is 110 cm³/mol. The number of hydrogen-bond donors (Lipinski definition) is 2. The quantitative estimate of drug-likeness (QED) is 0.528. The molecule has 0 saturated carbocycles. The molecule has 0 amide bonds. The summed E-state index contributed by atoms with van der Waals surface area (Å²) in [6.07, 6.45) is 1.79. The van der Waals surface area contributed by atoms with Gasteiger partial charge in [-0.25, -0.2) is 4.98 Å². The Kier molecular flexibility index (Phi) is 4.66. The van der Waals surface area contributed by atoms with E-state index in [9.17, 15) is 0 Å². The summed E-state index contributed by atoms with van der Waals surface area (Å²) in [4.78, 5) is 13.6. The van der Waals surface area contributed by atoms with Crippen molar-refractivity contribution in [2.45, 2.75) is 20.4 Å². The van der Waals surface area contributed by atoms with E-state index in [1.54, 1.807) is 6.20 Å². The summed E-state index contributed by atoms with van der Waals surface area (Å²) in [5.41, 5.74) is 5.16. The fraction of sp³-hybridized carbons (Fsp3) is 0.136. The maximum absolute atomic E-state index is 4.61. The fourth-order valence-corrected chi connectivity index (χ4v) is 2.94. The van der Waals surface area contributed by atoms with E-state index in [2.05, 4.69) is 56.8 Å². The third-order valence-corrected chi connectivity index (χ3v) is 4.33. The Labute approximate surface area is 158 Å². The monoisotopic (exact) mass is 355 g/mol. The molecule has 0 aliphatic rings. The molecule has 27 heavy (non-hydrogen) atoms. The highest BCUT2D eigenvalue weighted by molar-refractivity contribution is 5.91. The normalized spacial score (nSPS) is 10.7. The van der Waals surface area contributed by atoms with Crippen molar-refractivity contribution in [2.24, 2.45) is 0 Å². The van der Waals surface area contributed by atoms with Crippen molar-refractivity contribution in [2.75, 3.05) is 10.6 Å². The first-order chi connectivity index (χ1) is 13.2. The Morgan fingerprint density at radius 2 is 1.70 bits per heavy atom. The average Bonchev–Trinajstić information content (AvgIpc) is 2.67. The second-order valence-corrected chi connectivity index (χ2v) is 6.56. The first-order valence-corrected chi connectivity index (χ1v) is 8.93. The van der Waals surface area contributed by atoms with Gasteiger partial charge in [0, 0.05) is 29.9 Å². The van der Waals surface area contributed by atoms with Gasteiger partial charge in [0.2, 0.25) is 5.95 Å². The lowest BCUT2D eigenvalue weighted by atomic mass is 10.1. The smallest absolute Gasteiger partial charge is 0.229 e. The molecular formula is C22H21N5. The van der Waals surface area contributed by atoms with Crippen LogP contribution in [0.3, 0.4) is 0 Å². The summed E-state index contributed by atoms with van der Waals surface area (Å²) >= 11 is 0. The molecule has 4 rings (SSSR count). The molecule has 0 radical (unpaired) electrons. The molecule has 2 heterocycles. The van der Waals surface area contributed by atoms with E-state index in [1.165, 1.54) is 11.1 Å². The molecule has 0 fully saturated rings. The average molecular weight is 355 g/mol. The van der Waals surface area contributed by atoms with Crippen molar-refractivity contribution >= 4 is 28.4 Å². The number of para-hydroxylation sites is 1. The number of nitrogens with zero attached hydrogens (tertiary/aromatic N) is 3. The van der Waals surface area contributed by atoms with Crippen LogP contribution >= 0.6 is 0 Å². The van der Waals surface area contributed by atoms with E-state index in [1.807, 2.05) is 43.3 Å². The molecule has 2 N–H and O–H groups in total. The molecule has 0 atom stereocenters. The number of rotatable bonds is 5. The number of aromatic nitrogens is 3. The van der Waals surface area contributed by atoms with E-state index in [0.717, 1.165) is 28.1 Å². The number of fused-ring (bicyclic) bond motifs is 1. The fourth-order valence-electron chi connectivity index (χ4n) is 2.94. The second kappa shape index (κ2) is 7.41. The van der Waals surface area contributed by atoms with Gasteiger partial charge in [-0.15, -0.1) is 0 Å². The van der Waals surface area contributed by atoms with Crippen LogP contribution in [0.2, 0.25) is 0 Å². The van der Waals surface area contributed by atoms with Crippen LogP contribution in [0, 0.1) is 13.8 Å². The highest BCUT2D eigenvalue weighted by Crippen LogP contribution is 2.23. The number of benzene rings is 2. The van der Waals surface area contributed by atoms with E-state index < -0.39 is 0 Å². The summed E-state index contributed by atoms with van der Waals surface area (Å²) < 4.78 is 0. The van der Waals surface area contributed by atoms with Crippen LogP contribution in [0.15, 0.2) is 66.9 Å². The Morgan fingerprint density at radius 3 is 2.56 bits per heavy atom. The minimum atomic E-state index is 0.555. The van der Waals surface area contributed by atoms with Gasteiger partial charge in [-0.05, 0) is 31.5 Å². The molecule has 0 unspecified atom stereocenters. The lowest BCUT2D eigenvalue weighted by Crippen LogP contribution is -2.06. The maximum atomic E-state index is 4.61. The molecule has 2 aromatic heterocycles. The van der Waals surface area contributed by atoms with Gasteiger partial charge >= 0.3 is 0 Å². The molecule has 0 aliphatic carbocycles. The highest BCUT2D eigenvalue weighted by atomic mass is 15.1. The van der Waals surface area contributed by atoms with Gasteiger partial charge in [0.25, 0.3) is 0 Å². The summed E-state index contributed by atoms with van der Waals surface area (Å²) in [5.74, 6) is 1.35. The number of aryl methyl sites for hydroxylation is 2. The molecule has 5 heteroatoms.